The summed E-state index contributed by atoms with van der Waals surface area (Å²) >= 11 is 1.54. The second-order valence-electron chi connectivity index (χ2n) is 4.05. The predicted octanol–water partition coefficient (Wildman–Crippen LogP) is 2.74. The average molecular weight is 252 g/mol. The van der Waals surface area contributed by atoms with E-state index in [1.54, 1.807) is 18.9 Å². The molecule has 0 heterocycles. The van der Waals surface area contributed by atoms with Gasteiger partial charge in [-0.2, -0.15) is 0 Å². The van der Waals surface area contributed by atoms with Gasteiger partial charge in [0.15, 0.2) is 0 Å². The van der Waals surface area contributed by atoms with Gasteiger partial charge in [-0.05, 0) is 30.9 Å². The van der Waals surface area contributed by atoms with Crippen LogP contribution in [0.2, 0.25) is 0 Å². The lowest BCUT2D eigenvalue weighted by Gasteiger charge is -2.15. The molecule has 0 amide bonds. The molecule has 1 saturated carbocycles. The second-order valence-corrected chi connectivity index (χ2v) is 5.23. The Morgan fingerprint density at radius 2 is 2.06 bits per heavy atom. The third kappa shape index (κ3) is 2.94. The molecule has 0 N–H and O–H groups in total. The standard InChI is InChI=1S/C13H16O3S/c1-15-10-5-3-4-6-11(10)17-12(9-7-8-9)13(14)16-2/h3-6,9,12H,7-8H2,1-2H3. The molecule has 92 valence electrons. The Morgan fingerprint density at radius 3 is 2.65 bits per heavy atom. The third-order valence-electron chi connectivity index (χ3n) is 2.81. The highest BCUT2D eigenvalue weighted by Crippen LogP contribution is 2.44. The van der Waals surface area contributed by atoms with Gasteiger partial charge in [0.05, 0.1) is 19.1 Å². The number of benzene rings is 1. The van der Waals surface area contributed by atoms with E-state index in [2.05, 4.69) is 0 Å². The summed E-state index contributed by atoms with van der Waals surface area (Å²) in [7, 11) is 3.09. The molecule has 1 atom stereocenters. The Bertz CT molecular complexity index is 401. The zero-order valence-corrected chi connectivity index (χ0v) is 10.8. The number of methoxy groups -OCH3 is 2. The van der Waals surface area contributed by atoms with Crippen LogP contribution in [0.25, 0.3) is 0 Å². The molecule has 0 radical (unpaired) electrons. The highest BCUT2D eigenvalue weighted by atomic mass is 32.2. The van der Waals surface area contributed by atoms with Crippen LogP contribution in [0.15, 0.2) is 29.2 Å². The van der Waals surface area contributed by atoms with Crippen LogP contribution in [0.3, 0.4) is 0 Å². The molecule has 1 fully saturated rings. The number of rotatable bonds is 5. The van der Waals surface area contributed by atoms with E-state index >= 15 is 0 Å². The summed E-state index contributed by atoms with van der Waals surface area (Å²) < 4.78 is 10.1. The third-order valence-corrected chi connectivity index (χ3v) is 4.23. The van der Waals surface area contributed by atoms with E-state index in [0.717, 1.165) is 23.5 Å². The smallest absolute Gasteiger partial charge is 0.319 e. The van der Waals surface area contributed by atoms with E-state index < -0.39 is 0 Å². The van der Waals surface area contributed by atoms with Crippen molar-refractivity contribution in [2.24, 2.45) is 5.92 Å². The molecule has 1 aliphatic carbocycles. The Labute approximate surface area is 105 Å². The molecular formula is C13H16O3S. The topological polar surface area (TPSA) is 35.5 Å². The number of esters is 1. The van der Waals surface area contributed by atoms with Crippen molar-refractivity contribution in [2.75, 3.05) is 14.2 Å². The second kappa shape index (κ2) is 5.45. The van der Waals surface area contributed by atoms with E-state index in [-0.39, 0.29) is 11.2 Å². The van der Waals surface area contributed by atoms with E-state index in [1.807, 2.05) is 24.3 Å². The fourth-order valence-corrected chi connectivity index (χ4v) is 3.06. The number of carbonyl (C=O) groups is 1. The zero-order valence-electron chi connectivity index (χ0n) is 10.0. The maximum absolute atomic E-state index is 11.7. The Balaban J connectivity index is 2.14. The van der Waals surface area contributed by atoms with Crippen molar-refractivity contribution in [3.8, 4) is 5.75 Å². The van der Waals surface area contributed by atoms with Crippen molar-refractivity contribution in [1.29, 1.82) is 0 Å². The molecular weight excluding hydrogens is 236 g/mol. The fourth-order valence-electron chi connectivity index (χ4n) is 1.70. The van der Waals surface area contributed by atoms with Crippen LogP contribution < -0.4 is 4.74 Å². The van der Waals surface area contributed by atoms with Crippen LogP contribution in [0.4, 0.5) is 0 Å². The normalized spacial score (nSPS) is 16.4. The fraction of sp³-hybridized carbons (Fsp3) is 0.462. The summed E-state index contributed by atoms with van der Waals surface area (Å²) in [4.78, 5) is 12.7. The first-order chi connectivity index (χ1) is 8.26. The molecule has 1 unspecified atom stereocenters. The number of ether oxygens (including phenoxy) is 2. The van der Waals surface area contributed by atoms with Crippen LogP contribution in [0, 0.1) is 5.92 Å². The molecule has 0 aromatic heterocycles. The molecule has 1 aromatic carbocycles. The molecule has 17 heavy (non-hydrogen) atoms. The van der Waals surface area contributed by atoms with E-state index in [4.69, 9.17) is 9.47 Å². The van der Waals surface area contributed by atoms with E-state index in [1.165, 1.54) is 7.11 Å². The summed E-state index contributed by atoms with van der Waals surface area (Å²) in [5, 5.41) is -0.101. The largest absolute Gasteiger partial charge is 0.496 e. The van der Waals surface area contributed by atoms with Crippen LogP contribution in [-0.4, -0.2) is 25.4 Å². The lowest BCUT2D eigenvalue weighted by atomic mass is 10.3. The van der Waals surface area contributed by atoms with Crippen molar-refractivity contribution < 1.29 is 14.3 Å². The SMILES string of the molecule is COC(=O)C(Sc1ccccc1OC)C1CC1. The average Bonchev–Trinajstić information content (AvgIpc) is 3.19. The van der Waals surface area contributed by atoms with Gasteiger partial charge in [-0.3, -0.25) is 4.79 Å². The monoisotopic (exact) mass is 252 g/mol. The highest BCUT2D eigenvalue weighted by Gasteiger charge is 2.38. The molecule has 3 nitrogen and oxygen atoms in total. The van der Waals surface area contributed by atoms with E-state index in [0.29, 0.717) is 5.92 Å². The van der Waals surface area contributed by atoms with Gasteiger partial charge in [0.25, 0.3) is 0 Å². The van der Waals surface area contributed by atoms with Crippen molar-refractivity contribution in [2.45, 2.75) is 23.0 Å². The maximum atomic E-state index is 11.7. The van der Waals surface area contributed by atoms with Crippen molar-refractivity contribution in [3.05, 3.63) is 24.3 Å². The van der Waals surface area contributed by atoms with Crippen LogP contribution >= 0.6 is 11.8 Å². The number of hydrogen-bond donors (Lipinski definition) is 0. The lowest BCUT2D eigenvalue weighted by molar-refractivity contribution is -0.140. The molecule has 0 aliphatic heterocycles. The van der Waals surface area contributed by atoms with Crippen molar-refractivity contribution in [1.82, 2.24) is 0 Å². The molecule has 4 heteroatoms. The summed E-state index contributed by atoms with van der Waals surface area (Å²) in [6.45, 7) is 0. The van der Waals surface area contributed by atoms with Crippen molar-refractivity contribution in [3.63, 3.8) is 0 Å². The predicted molar refractivity (Wildman–Crippen MR) is 67.4 cm³/mol. The molecule has 2 rings (SSSR count). The van der Waals surface area contributed by atoms with Gasteiger partial charge in [-0.1, -0.05) is 12.1 Å². The zero-order chi connectivity index (χ0) is 12.3. The minimum atomic E-state index is -0.136. The molecule has 1 aromatic rings. The minimum absolute atomic E-state index is 0.101. The number of carbonyl (C=O) groups excluding carboxylic acids is 1. The van der Waals surface area contributed by atoms with E-state index in [9.17, 15) is 4.79 Å². The highest BCUT2D eigenvalue weighted by molar-refractivity contribution is 8.00. The van der Waals surface area contributed by atoms with Crippen LogP contribution in [0.1, 0.15) is 12.8 Å². The summed E-state index contributed by atoms with van der Waals surface area (Å²) in [6, 6.07) is 7.75. The summed E-state index contributed by atoms with van der Waals surface area (Å²) in [5.74, 6) is 1.13. The van der Waals surface area contributed by atoms with Gasteiger partial charge in [-0.15, -0.1) is 11.8 Å². The maximum Gasteiger partial charge on any atom is 0.319 e. The molecule has 0 saturated heterocycles. The van der Waals surface area contributed by atoms with Crippen molar-refractivity contribution >= 4 is 17.7 Å². The Hall–Kier alpha value is -1.16. The first-order valence-electron chi connectivity index (χ1n) is 5.63. The van der Waals surface area contributed by atoms with Gasteiger partial charge >= 0.3 is 5.97 Å². The van der Waals surface area contributed by atoms with Gasteiger partial charge < -0.3 is 9.47 Å². The molecule has 1 aliphatic rings. The molecule has 0 spiro atoms. The lowest BCUT2D eigenvalue weighted by Crippen LogP contribution is -2.20. The first kappa shape index (κ1) is 12.3. The first-order valence-corrected chi connectivity index (χ1v) is 6.51. The summed E-state index contributed by atoms with van der Waals surface area (Å²) in [5.41, 5.74) is 0. The van der Waals surface area contributed by atoms with Gasteiger partial charge in [-0.25, -0.2) is 0 Å². The Kier molecular flexibility index (Phi) is 3.94. The van der Waals surface area contributed by atoms with Gasteiger partial charge in [0.2, 0.25) is 0 Å². The molecule has 0 bridgehead atoms. The number of thioether (sulfide) groups is 1. The summed E-state index contributed by atoms with van der Waals surface area (Å²) in [6.07, 6.45) is 2.23. The quantitative estimate of drug-likeness (QED) is 0.596. The Morgan fingerprint density at radius 1 is 1.35 bits per heavy atom. The number of para-hydroxylation sites is 1. The van der Waals surface area contributed by atoms with Crippen LogP contribution in [-0.2, 0) is 9.53 Å². The number of hydrogen-bond acceptors (Lipinski definition) is 4. The van der Waals surface area contributed by atoms with Gasteiger partial charge in [0.1, 0.15) is 11.0 Å². The van der Waals surface area contributed by atoms with Gasteiger partial charge in [0, 0.05) is 0 Å². The minimum Gasteiger partial charge on any atom is -0.496 e. The van der Waals surface area contributed by atoms with Crippen LogP contribution in [0.5, 0.6) is 5.75 Å².